The number of piperidine rings is 1. The topological polar surface area (TPSA) is 57.7 Å². The van der Waals surface area contributed by atoms with Gasteiger partial charge in [0.15, 0.2) is 0 Å². The molecule has 4 rings (SSSR count). The fraction of sp³-hybridized carbons (Fsp3) is 0.571. The molecule has 3 heterocycles. The number of alkyl halides is 3. The Morgan fingerprint density at radius 1 is 1.11 bits per heavy atom. The van der Waals surface area contributed by atoms with Gasteiger partial charge in [-0.3, -0.25) is 14.7 Å². The molecule has 1 unspecified atom stereocenters. The number of ether oxygens (including phenoxy) is 1. The van der Waals surface area contributed by atoms with Crippen LogP contribution in [0.3, 0.4) is 0 Å². The summed E-state index contributed by atoms with van der Waals surface area (Å²) >= 11 is 3.44. The number of carbonyl (C=O) groups excluding carboxylic acids is 1. The second-order valence-corrected chi connectivity index (χ2v) is 12.2. The third kappa shape index (κ3) is 7.48. The number of carbonyl (C=O) groups is 1. The van der Waals surface area contributed by atoms with Crippen molar-refractivity contribution in [2.45, 2.75) is 58.5 Å². The Bertz CT molecular complexity index is 1070. The summed E-state index contributed by atoms with van der Waals surface area (Å²) in [4.78, 5) is 22.5. The van der Waals surface area contributed by atoms with Gasteiger partial charge in [0, 0.05) is 42.8 Å². The molecule has 2 aliphatic rings. The molecule has 2 aliphatic heterocycles. The highest BCUT2D eigenvalue weighted by Crippen LogP contribution is 2.36. The molecule has 0 saturated carbocycles. The molecule has 1 aromatic carbocycles. The molecule has 0 spiro atoms. The first kappa shape index (κ1) is 28.8. The lowest BCUT2D eigenvalue weighted by Gasteiger charge is -2.49. The number of amides is 1. The molecular formula is C28H36BrF3N4O2. The molecule has 1 N–H and O–H groups in total. The predicted octanol–water partition coefficient (Wildman–Crippen LogP) is 5.78. The summed E-state index contributed by atoms with van der Waals surface area (Å²) in [5.74, 6) is 0.368. The first-order valence-electron chi connectivity index (χ1n) is 13.1. The summed E-state index contributed by atoms with van der Waals surface area (Å²) in [6.45, 7) is 10.2. The Kier molecular flexibility index (Phi) is 9.04. The van der Waals surface area contributed by atoms with Gasteiger partial charge in [-0.25, -0.2) is 0 Å². The molecule has 38 heavy (non-hydrogen) atoms. The molecule has 0 aliphatic carbocycles. The lowest BCUT2D eigenvalue weighted by atomic mass is 9.82. The van der Waals surface area contributed by atoms with Crippen LogP contribution in [0.1, 0.15) is 57.3 Å². The molecule has 2 saturated heterocycles. The molecule has 2 atom stereocenters. The van der Waals surface area contributed by atoms with Crippen LogP contribution in [0.2, 0.25) is 0 Å². The average molecular weight is 598 g/mol. The molecule has 1 amide bonds. The van der Waals surface area contributed by atoms with E-state index < -0.39 is 6.36 Å². The van der Waals surface area contributed by atoms with Crippen molar-refractivity contribution in [3.8, 4) is 5.75 Å². The highest BCUT2D eigenvalue weighted by Gasteiger charge is 2.41. The van der Waals surface area contributed by atoms with Crippen LogP contribution in [0.15, 0.2) is 47.1 Å². The van der Waals surface area contributed by atoms with E-state index in [1.165, 1.54) is 12.1 Å². The summed E-state index contributed by atoms with van der Waals surface area (Å²) in [6.07, 6.45) is -0.393. The van der Waals surface area contributed by atoms with Crippen molar-refractivity contribution < 1.29 is 22.7 Å². The fourth-order valence-corrected chi connectivity index (χ4v) is 5.73. The maximum atomic E-state index is 13.5. The Hall–Kier alpha value is -2.17. The van der Waals surface area contributed by atoms with Crippen LogP contribution in [-0.4, -0.2) is 65.8 Å². The SMILES string of the molecule is CC(C)(C)[C@H]1CN(C(c2ccc(OC(F)(F)F)cc2)c2ccc(Br)cn2)CCN1C(=O)CC1CCNCC1. The number of hydrogen-bond acceptors (Lipinski definition) is 5. The number of nitrogens with one attached hydrogen (secondary N) is 1. The summed E-state index contributed by atoms with van der Waals surface area (Å²) in [6, 6.07) is 9.55. The highest BCUT2D eigenvalue weighted by atomic mass is 79.9. The Morgan fingerprint density at radius 3 is 2.37 bits per heavy atom. The Labute approximate surface area is 231 Å². The van der Waals surface area contributed by atoms with E-state index in [2.05, 4.69) is 61.5 Å². The highest BCUT2D eigenvalue weighted by molar-refractivity contribution is 9.10. The standard InChI is InChI=1S/C28H36BrF3N4O2/c1-27(2,3)24-18-35(14-15-36(24)25(37)16-19-10-12-33-13-11-19)26(23-9-6-21(29)17-34-23)20-4-7-22(8-5-20)38-28(30,31)32/h4-9,17,19,24,26,33H,10-16,18H2,1-3H3/t24-,26?/m1/s1. The molecule has 0 radical (unpaired) electrons. The molecule has 10 heteroatoms. The zero-order chi connectivity index (χ0) is 27.5. The molecule has 0 bridgehead atoms. The van der Waals surface area contributed by atoms with Gasteiger partial charge in [0.2, 0.25) is 5.91 Å². The number of pyridine rings is 1. The van der Waals surface area contributed by atoms with Crippen molar-refractivity contribution in [1.29, 1.82) is 0 Å². The van der Waals surface area contributed by atoms with E-state index in [-0.39, 0.29) is 29.2 Å². The van der Waals surface area contributed by atoms with E-state index in [0.29, 0.717) is 32.0 Å². The van der Waals surface area contributed by atoms with Crippen molar-refractivity contribution in [2.75, 3.05) is 32.7 Å². The first-order valence-corrected chi connectivity index (χ1v) is 13.9. The minimum atomic E-state index is -4.74. The summed E-state index contributed by atoms with van der Waals surface area (Å²) in [7, 11) is 0. The van der Waals surface area contributed by atoms with Gasteiger partial charge in [0.25, 0.3) is 0 Å². The monoisotopic (exact) mass is 596 g/mol. The fourth-order valence-electron chi connectivity index (χ4n) is 5.50. The number of aromatic nitrogens is 1. The lowest BCUT2D eigenvalue weighted by molar-refractivity contribution is -0.274. The Morgan fingerprint density at radius 2 is 1.79 bits per heavy atom. The quantitative estimate of drug-likeness (QED) is 0.458. The molecule has 2 fully saturated rings. The molecule has 208 valence electrons. The average Bonchev–Trinajstić information content (AvgIpc) is 2.85. The van der Waals surface area contributed by atoms with Crippen LogP contribution in [-0.2, 0) is 4.79 Å². The van der Waals surface area contributed by atoms with Gasteiger partial charge in [0.1, 0.15) is 5.75 Å². The van der Waals surface area contributed by atoms with Crippen LogP contribution in [0, 0.1) is 11.3 Å². The zero-order valence-corrected chi connectivity index (χ0v) is 23.7. The lowest BCUT2D eigenvalue weighted by Crippen LogP contribution is -2.60. The van der Waals surface area contributed by atoms with Gasteiger partial charge in [-0.2, -0.15) is 0 Å². The number of piperazine rings is 1. The summed E-state index contributed by atoms with van der Waals surface area (Å²) in [5, 5.41) is 3.36. The second kappa shape index (κ2) is 11.9. The molecular weight excluding hydrogens is 561 g/mol. The van der Waals surface area contributed by atoms with Crippen molar-refractivity contribution in [1.82, 2.24) is 20.1 Å². The van der Waals surface area contributed by atoms with Gasteiger partial charge in [-0.05, 0) is 83.0 Å². The number of nitrogens with zero attached hydrogens (tertiary/aromatic N) is 3. The maximum absolute atomic E-state index is 13.5. The van der Waals surface area contributed by atoms with Gasteiger partial charge >= 0.3 is 6.36 Å². The van der Waals surface area contributed by atoms with Crippen LogP contribution < -0.4 is 10.1 Å². The van der Waals surface area contributed by atoms with E-state index in [0.717, 1.165) is 41.7 Å². The van der Waals surface area contributed by atoms with Crippen molar-refractivity contribution in [2.24, 2.45) is 11.3 Å². The maximum Gasteiger partial charge on any atom is 0.573 e. The molecule has 1 aromatic heterocycles. The smallest absolute Gasteiger partial charge is 0.406 e. The van der Waals surface area contributed by atoms with E-state index >= 15 is 0 Å². The van der Waals surface area contributed by atoms with Crippen LogP contribution in [0.5, 0.6) is 5.75 Å². The van der Waals surface area contributed by atoms with E-state index in [1.54, 1.807) is 18.3 Å². The number of hydrogen-bond donors (Lipinski definition) is 1. The predicted molar refractivity (Wildman–Crippen MR) is 144 cm³/mol. The number of rotatable bonds is 6. The first-order chi connectivity index (χ1) is 17.9. The molecule has 2 aromatic rings. The van der Waals surface area contributed by atoms with Crippen molar-refractivity contribution >= 4 is 21.8 Å². The van der Waals surface area contributed by atoms with Gasteiger partial charge in [-0.1, -0.05) is 32.9 Å². The van der Waals surface area contributed by atoms with E-state index in [4.69, 9.17) is 0 Å². The molecule has 6 nitrogen and oxygen atoms in total. The normalized spacial score (nSPS) is 20.8. The number of halogens is 4. The van der Waals surface area contributed by atoms with Gasteiger partial charge in [-0.15, -0.1) is 13.2 Å². The van der Waals surface area contributed by atoms with Crippen LogP contribution in [0.4, 0.5) is 13.2 Å². The van der Waals surface area contributed by atoms with Crippen molar-refractivity contribution in [3.63, 3.8) is 0 Å². The van der Waals surface area contributed by atoms with Gasteiger partial charge < -0.3 is 15.0 Å². The Balaban J connectivity index is 1.59. The number of benzene rings is 1. The summed E-state index contributed by atoms with van der Waals surface area (Å²) < 4.78 is 43.1. The zero-order valence-electron chi connectivity index (χ0n) is 22.1. The third-order valence-electron chi connectivity index (χ3n) is 7.48. The van der Waals surface area contributed by atoms with Crippen molar-refractivity contribution in [3.05, 3.63) is 58.3 Å². The second-order valence-electron chi connectivity index (χ2n) is 11.3. The largest absolute Gasteiger partial charge is 0.573 e. The minimum Gasteiger partial charge on any atom is -0.406 e. The minimum absolute atomic E-state index is 0.0174. The van der Waals surface area contributed by atoms with Crippen LogP contribution in [0.25, 0.3) is 0 Å². The van der Waals surface area contributed by atoms with E-state index in [9.17, 15) is 18.0 Å². The summed E-state index contributed by atoms with van der Waals surface area (Å²) in [5.41, 5.74) is 1.45. The van der Waals surface area contributed by atoms with E-state index in [1.807, 2.05) is 12.1 Å². The van der Waals surface area contributed by atoms with Gasteiger partial charge in [0.05, 0.1) is 11.7 Å². The van der Waals surface area contributed by atoms with Crippen LogP contribution >= 0.6 is 15.9 Å². The third-order valence-corrected chi connectivity index (χ3v) is 7.95.